The van der Waals surface area contributed by atoms with Crippen molar-refractivity contribution < 1.29 is 9.90 Å². The van der Waals surface area contributed by atoms with Crippen LogP contribution in [0.3, 0.4) is 0 Å². The minimum atomic E-state index is -0.290. The number of aliphatic hydroxyl groups excluding tert-OH is 1. The van der Waals surface area contributed by atoms with Gasteiger partial charge in [0.15, 0.2) is 5.78 Å². The van der Waals surface area contributed by atoms with Gasteiger partial charge in [-0.3, -0.25) is 4.79 Å². The smallest absolute Gasteiger partial charge is 0.162 e. The number of aliphatic hydroxyl groups is 1. The van der Waals surface area contributed by atoms with Crippen molar-refractivity contribution in [1.82, 2.24) is 0 Å². The average molecular weight is 212 g/mol. The number of hydrogen-bond acceptors (Lipinski definition) is 2. The number of hydrogen-bond donors (Lipinski definition) is 1. The molecule has 2 nitrogen and oxygen atoms in total. The fourth-order valence-electron chi connectivity index (χ4n) is 1.32. The molecule has 0 aromatic rings. The molecule has 0 saturated heterocycles. The molecule has 0 unspecified atom stereocenters. The van der Waals surface area contributed by atoms with E-state index in [1.54, 1.807) is 0 Å². The lowest BCUT2D eigenvalue weighted by Gasteiger charge is -2.22. The maximum absolute atomic E-state index is 11.7. The highest BCUT2D eigenvalue weighted by atomic mass is 16.3. The van der Waals surface area contributed by atoms with E-state index in [-0.39, 0.29) is 22.9 Å². The highest BCUT2D eigenvalue weighted by Gasteiger charge is 2.22. The Labute approximate surface area is 93.4 Å². The predicted molar refractivity (Wildman–Crippen MR) is 63.9 cm³/mol. The summed E-state index contributed by atoms with van der Waals surface area (Å²) >= 11 is 0. The Morgan fingerprint density at radius 1 is 1.27 bits per heavy atom. The summed E-state index contributed by atoms with van der Waals surface area (Å²) in [7, 11) is 0. The Balaban J connectivity index is 4.68. The normalized spacial score (nSPS) is 13.3. The minimum absolute atomic E-state index is 0.0547. The van der Waals surface area contributed by atoms with Gasteiger partial charge >= 0.3 is 0 Å². The molecule has 1 N–H and O–H groups in total. The Hall–Kier alpha value is -0.790. The maximum Gasteiger partial charge on any atom is 0.162 e. The van der Waals surface area contributed by atoms with Crippen molar-refractivity contribution in [2.75, 3.05) is 0 Å². The molecule has 0 aromatic heterocycles. The van der Waals surface area contributed by atoms with Crippen LogP contribution in [0.25, 0.3) is 0 Å². The quantitative estimate of drug-likeness (QED) is 0.536. The van der Waals surface area contributed by atoms with E-state index in [4.69, 9.17) is 0 Å². The number of rotatable bonds is 6. The van der Waals surface area contributed by atoms with Crippen molar-refractivity contribution >= 4 is 5.78 Å². The van der Waals surface area contributed by atoms with E-state index >= 15 is 0 Å². The molecule has 2 heteroatoms. The summed E-state index contributed by atoms with van der Waals surface area (Å²) in [5.41, 5.74) is -0.290. The Morgan fingerprint density at radius 3 is 2.07 bits per heavy atom. The van der Waals surface area contributed by atoms with E-state index < -0.39 is 0 Å². The lowest BCUT2D eigenvalue weighted by atomic mass is 9.86. The van der Waals surface area contributed by atoms with Crippen LogP contribution in [-0.2, 0) is 4.79 Å². The topological polar surface area (TPSA) is 37.3 Å². The van der Waals surface area contributed by atoms with Gasteiger partial charge in [0.25, 0.3) is 0 Å². The molecule has 15 heavy (non-hydrogen) atoms. The van der Waals surface area contributed by atoms with Crippen LogP contribution in [0.5, 0.6) is 0 Å². The SMILES string of the molecule is CCC(CC)C(=O)C=C(O)C(C)(C)CC. The Kier molecular flexibility index (Phi) is 5.63. The molecule has 0 aliphatic heterocycles. The van der Waals surface area contributed by atoms with E-state index in [1.807, 2.05) is 34.6 Å². The minimum Gasteiger partial charge on any atom is -0.512 e. The first kappa shape index (κ1) is 14.2. The third-order valence-corrected chi connectivity index (χ3v) is 3.24. The standard InChI is InChI=1S/C13H24O2/c1-6-10(7-2)11(14)9-12(15)13(4,5)8-3/h9-10,15H,6-8H2,1-5H3. The summed E-state index contributed by atoms with van der Waals surface area (Å²) in [6, 6.07) is 0. The van der Waals surface area contributed by atoms with Crippen LogP contribution in [0.2, 0.25) is 0 Å². The monoisotopic (exact) mass is 212 g/mol. The molecule has 0 amide bonds. The lowest BCUT2D eigenvalue weighted by Crippen LogP contribution is -2.17. The van der Waals surface area contributed by atoms with Crippen LogP contribution >= 0.6 is 0 Å². The first-order valence-electron chi connectivity index (χ1n) is 5.84. The van der Waals surface area contributed by atoms with Gasteiger partial charge in [-0.05, 0) is 19.3 Å². The summed E-state index contributed by atoms with van der Waals surface area (Å²) in [5.74, 6) is 0.320. The molecule has 0 aliphatic carbocycles. The van der Waals surface area contributed by atoms with Gasteiger partial charge in [-0.15, -0.1) is 0 Å². The van der Waals surface area contributed by atoms with Gasteiger partial charge in [0.1, 0.15) is 5.76 Å². The van der Waals surface area contributed by atoms with E-state index in [0.717, 1.165) is 19.3 Å². The molecule has 0 aliphatic rings. The van der Waals surface area contributed by atoms with Crippen LogP contribution in [-0.4, -0.2) is 10.9 Å². The van der Waals surface area contributed by atoms with E-state index in [9.17, 15) is 9.90 Å². The largest absolute Gasteiger partial charge is 0.512 e. The molecule has 0 fully saturated rings. The summed E-state index contributed by atoms with van der Waals surface area (Å²) in [6.07, 6.45) is 3.92. The molecule has 0 bridgehead atoms. The van der Waals surface area contributed by atoms with Crippen LogP contribution in [0.1, 0.15) is 53.9 Å². The molecule has 0 aromatic carbocycles. The highest BCUT2D eigenvalue weighted by molar-refractivity contribution is 5.92. The van der Waals surface area contributed by atoms with Crippen molar-refractivity contribution in [3.8, 4) is 0 Å². The van der Waals surface area contributed by atoms with Crippen LogP contribution in [0.4, 0.5) is 0 Å². The van der Waals surface area contributed by atoms with E-state index in [0.29, 0.717) is 0 Å². The second-order valence-corrected chi connectivity index (χ2v) is 4.68. The molecule has 0 rings (SSSR count). The number of ketones is 1. The maximum atomic E-state index is 11.7. The third-order valence-electron chi connectivity index (χ3n) is 3.24. The Bertz CT molecular complexity index is 235. The molecule has 0 saturated carbocycles. The van der Waals surface area contributed by atoms with Gasteiger partial charge in [0.05, 0.1) is 0 Å². The van der Waals surface area contributed by atoms with Crippen molar-refractivity contribution in [3.63, 3.8) is 0 Å². The van der Waals surface area contributed by atoms with Crippen molar-refractivity contribution in [2.24, 2.45) is 11.3 Å². The van der Waals surface area contributed by atoms with Gasteiger partial charge in [0, 0.05) is 17.4 Å². The second kappa shape index (κ2) is 5.94. The number of carbonyl (C=O) groups excluding carboxylic acids is 1. The molecule has 0 radical (unpaired) electrons. The van der Waals surface area contributed by atoms with E-state index in [2.05, 4.69) is 0 Å². The molecule has 0 atom stereocenters. The van der Waals surface area contributed by atoms with Crippen molar-refractivity contribution in [2.45, 2.75) is 53.9 Å². The fraction of sp³-hybridized carbons (Fsp3) is 0.769. The van der Waals surface area contributed by atoms with E-state index in [1.165, 1.54) is 6.08 Å². The summed E-state index contributed by atoms with van der Waals surface area (Å²) in [5, 5.41) is 9.83. The van der Waals surface area contributed by atoms with Gasteiger partial charge in [-0.2, -0.15) is 0 Å². The van der Waals surface area contributed by atoms with Gasteiger partial charge in [0.2, 0.25) is 0 Å². The zero-order chi connectivity index (χ0) is 12.1. The zero-order valence-electron chi connectivity index (χ0n) is 10.6. The predicted octanol–water partition coefficient (Wildman–Crippen LogP) is 3.87. The molecule has 0 heterocycles. The van der Waals surface area contributed by atoms with Crippen LogP contribution < -0.4 is 0 Å². The third kappa shape index (κ3) is 4.06. The summed E-state index contributed by atoms with van der Waals surface area (Å²) in [4.78, 5) is 11.7. The van der Waals surface area contributed by atoms with Gasteiger partial charge in [-0.1, -0.05) is 34.6 Å². The molecular formula is C13H24O2. The van der Waals surface area contributed by atoms with Gasteiger partial charge < -0.3 is 5.11 Å². The zero-order valence-corrected chi connectivity index (χ0v) is 10.6. The van der Waals surface area contributed by atoms with Crippen LogP contribution in [0.15, 0.2) is 11.8 Å². The summed E-state index contributed by atoms with van der Waals surface area (Å²) < 4.78 is 0. The van der Waals surface area contributed by atoms with Crippen LogP contribution in [0, 0.1) is 11.3 Å². The number of carbonyl (C=O) groups is 1. The highest BCUT2D eigenvalue weighted by Crippen LogP contribution is 2.28. The number of allylic oxidation sites excluding steroid dienone is 2. The summed E-state index contributed by atoms with van der Waals surface area (Å²) in [6.45, 7) is 9.90. The van der Waals surface area contributed by atoms with Gasteiger partial charge in [-0.25, -0.2) is 0 Å². The fourth-order valence-corrected chi connectivity index (χ4v) is 1.32. The average Bonchev–Trinajstić information content (AvgIpc) is 2.19. The molecule has 88 valence electrons. The first-order chi connectivity index (χ1) is 6.88. The Morgan fingerprint density at radius 2 is 1.73 bits per heavy atom. The van der Waals surface area contributed by atoms with Crippen molar-refractivity contribution in [1.29, 1.82) is 0 Å². The second-order valence-electron chi connectivity index (χ2n) is 4.68. The first-order valence-corrected chi connectivity index (χ1v) is 5.84. The lowest BCUT2D eigenvalue weighted by molar-refractivity contribution is -0.118. The molecule has 0 spiro atoms. The van der Waals surface area contributed by atoms with Crippen molar-refractivity contribution in [3.05, 3.63) is 11.8 Å². The molecular weight excluding hydrogens is 188 g/mol.